The molecule has 0 aliphatic carbocycles. The second-order valence-corrected chi connectivity index (χ2v) is 24.7. The third-order valence-corrected chi connectivity index (χ3v) is 19.3. The maximum atomic E-state index is 2.71. The van der Waals surface area contributed by atoms with Crippen molar-refractivity contribution in [2.75, 3.05) is 9.80 Å². The fourth-order valence-electron chi connectivity index (χ4n) is 15.9. The van der Waals surface area contributed by atoms with E-state index >= 15 is 0 Å². The lowest BCUT2D eigenvalue weighted by Gasteiger charge is -2.45. The second kappa shape index (κ2) is 16.7. The Hall–Kier alpha value is -9.25. The quantitative estimate of drug-likeness (QED) is 0.163. The molecule has 0 atom stereocenters. The van der Waals surface area contributed by atoms with Gasteiger partial charge in [0.1, 0.15) is 0 Å². The highest BCUT2D eigenvalue weighted by Crippen LogP contribution is 2.49. The highest BCUT2D eigenvalue weighted by molar-refractivity contribution is 7.03. The van der Waals surface area contributed by atoms with Crippen LogP contribution >= 0.6 is 0 Å². The van der Waals surface area contributed by atoms with Crippen LogP contribution in [0.1, 0.15) is 55.6 Å². The van der Waals surface area contributed by atoms with Gasteiger partial charge in [0.25, 0.3) is 13.4 Å². The summed E-state index contributed by atoms with van der Waals surface area (Å²) in [5.41, 5.74) is 40.7. The lowest BCUT2D eigenvalue weighted by atomic mass is 9.30. The number of hydrogen-bond donors (Lipinski definition) is 0. The zero-order chi connectivity index (χ0) is 55.5. The molecule has 0 amide bonds. The monoisotopic (exact) mass is 1050 g/mol. The summed E-state index contributed by atoms with van der Waals surface area (Å²) in [6, 6.07) is 71.6. The maximum absolute atomic E-state index is 2.71. The summed E-state index contributed by atoms with van der Waals surface area (Å²) < 4.78 is 5.29. The van der Waals surface area contributed by atoms with Gasteiger partial charge in [-0.1, -0.05) is 130 Å². The number of hydrogen-bond acceptors (Lipinski definition) is 2. The van der Waals surface area contributed by atoms with Crippen molar-refractivity contribution in [3.05, 3.63) is 238 Å². The van der Waals surface area contributed by atoms with Gasteiger partial charge in [0.15, 0.2) is 0 Å². The predicted octanol–water partition coefficient (Wildman–Crippen LogP) is 15.5. The Morgan fingerprint density at radius 1 is 0.280 bits per heavy atom. The van der Waals surface area contributed by atoms with Crippen molar-refractivity contribution in [3.8, 4) is 33.6 Å². The van der Waals surface area contributed by atoms with E-state index in [0.29, 0.717) is 0 Å². The van der Waals surface area contributed by atoms with E-state index in [0.717, 1.165) is 11.4 Å². The normalized spacial score (nSPS) is 13.4. The molecular formula is C76H60B2N4. The van der Waals surface area contributed by atoms with Gasteiger partial charge in [0, 0.05) is 78.1 Å². The number of aromatic nitrogens is 2. The van der Waals surface area contributed by atoms with Gasteiger partial charge in [-0.3, -0.25) is 0 Å². The van der Waals surface area contributed by atoms with Gasteiger partial charge in [-0.15, -0.1) is 0 Å². The molecule has 6 heteroatoms. The molecule has 0 saturated heterocycles. The largest absolute Gasteiger partial charge is 0.311 e. The molecule has 11 aromatic carbocycles. The Labute approximate surface area is 480 Å². The van der Waals surface area contributed by atoms with Crippen molar-refractivity contribution in [1.29, 1.82) is 0 Å². The molecule has 0 bridgehead atoms. The second-order valence-electron chi connectivity index (χ2n) is 24.7. The van der Waals surface area contributed by atoms with Crippen LogP contribution in [-0.4, -0.2) is 22.6 Å². The third kappa shape index (κ3) is 6.30. The fraction of sp³-hybridized carbons (Fsp3) is 0.132. The summed E-state index contributed by atoms with van der Waals surface area (Å²) in [5, 5.41) is 5.24. The van der Waals surface area contributed by atoms with Crippen molar-refractivity contribution in [2.45, 2.75) is 69.2 Å². The highest BCUT2D eigenvalue weighted by Gasteiger charge is 2.48. The molecule has 0 N–H and O–H groups in total. The van der Waals surface area contributed by atoms with E-state index in [9.17, 15) is 0 Å². The van der Waals surface area contributed by atoms with E-state index < -0.39 is 0 Å². The van der Waals surface area contributed by atoms with Gasteiger partial charge in [-0.05, 0) is 231 Å². The van der Waals surface area contributed by atoms with Crippen molar-refractivity contribution in [2.24, 2.45) is 0 Å². The molecule has 390 valence electrons. The minimum atomic E-state index is -0.0747. The van der Waals surface area contributed by atoms with Crippen LogP contribution in [0, 0.1) is 69.2 Å². The molecule has 4 aliphatic heterocycles. The van der Waals surface area contributed by atoms with E-state index in [2.05, 4.69) is 270 Å². The summed E-state index contributed by atoms with van der Waals surface area (Å²) in [5.74, 6) is 0. The Morgan fingerprint density at radius 2 is 0.732 bits per heavy atom. The van der Waals surface area contributed by atoms with Crippen molar-refractivity contribution >= 4 is 124 Å². The molecule has 0 spiro atoms. The van der Waals surface area contributed by atoms with Crippen molar-refractivity contribution < 1.29 is 0 Å². The van der Waals surface area contributed by atoms with Gasteiger partial charge in [-0.2, -0.15) is 0 Å². The summed E-state index contributed by atoms with van der Waals surface area (Å²) in [6.45, 7) is 22.5. The molecule has 4 nitrogen and oxygen atoms in total. The van der Waals surface area contributed by atoms with Crippen LogP contribution in [0.4, 0.5) is 34.1 Å². The van der Waals surface area contributed by atoms with Crippen LogP contribution in [0.25, 0.3) is 77.2 Å². The highest BCUT2D eigenvalue weighted by atomic mass is 15.2. The van der Waals surface area contributed by atoms with E-state index in [1.807, 2.05) is 0 Å². The lowest BCUT2D eigenvalue weighted by molar-refractivity contribution is 1.17. The minimum absolute atomic E-state index is 0.0729. The summed E-state index contributed by atoms with van der Waals surface area (Å²) in [7, 11) is 0. The van der Waals surface area contributed by atoms with Crippen LogP contribution in [-0.2, 0) is 0 Å². The maximum Gasteiger partial charge on any atom is 0.252 e. The van der Waals surface area contributed by atoms with Crippen molar-refractivity contribution in [1.82, 2.24) is 9.13 Å². The molecule has 2 aromatic heterocycles. The molecule has 0 saturated carbocycles. The Bertz CT molecular complexity index is 5010. The van der Waals surface area contributed by atoms with Gasteiger partial charge >= 0.3 is 0 Å². The number of nitrogens with zero attached hydrogens (tertiary/aromatic N) is 4. The zero-order valence-corrected chi connectivity index (χ0v) is 48.3. The predicted molar refractivity (Wildman–Crippen MR) is 352 cm³/mol. The fourth-order valence-corrected chi connectivity index (χ4v) is 15.9. The number of benzene rings is 11. The molecule has 0 fully saturated rings. The minimum Gasteiger partial charge on any atom is -0.311 e. The molecule has 82 heavy (non-hydrogen) atoms. The van der Waals surface area contributed by atoms with Gasteiger partial charge in [-0.25, -0.2) is 0 Å². The first-order chi connectivity index (χ1) is 39.8. The van der Waals surface area contributed by atoms with Crippen LogP contribution in [0.2, 0.25) is 0 Å². The van der Waals surface area contributed by atoms with E-state index in [-0.39, 0.29) is 13.4 Å². The van der Waals surface area contributed by atoms with E-state index in [4.69, 9.17) is 0 Å². The number of aryl methyl sites for hydroxylation is 10. The van der Waals surface area contributed by atoms with Crippen molar-refractivity contribution in [3.63, 3.8) is 0 Å². The van der Waals surface area contributed by atoms with E-state index in [1.54, 1.807) is 0 Å². The molecular weight excluding hydrogens is 990 g/mol. The Balaban J connectivity index is 1.06. The lowest BCUT2D eigenvalue weighted by Crippen LogP contribution is -2.65. The summed E-state index contributed by atoms with van der Waals surface area (Å²) >= 11 is 0. The summed E-state index contributed by atoms with van der Waals surface area (Å²) in [6.07, 6.45) is 0. The first-order valence-electron chi connectivity index (χ1n) is 29.3. The van der Waals surface area contributed by atoms with Gasteiger partial charge < -0.3 is 18.9 Å². The SMILES string of the molecule is Cc1ccc(N2c3cc4c(cc3B3c5c2cc(-c2c(C)cccc2C)cc5-n2c5ccc(C)cc5c5cc(C)cc3c52)B2c3c(cc(-c5c(C)cccc5C)cc3-n3c5ccc(C)cc5c5ccc(C)c2c53)N4c2ccc(C)cc2)cc1. The Morgan fingerprint density at radius 3 is 1.27 bits per heavy atom. The number of rotatable bonds is 4. The standard InChI is InChI=1S/C76H60B2N4/c1-41-17-24-53(25-18-41)79-64-40-65-60(39-59(64)77-61-34-45(5)33-58-57-32-44(4)22-30-63(57)81(75(58)61)68-37-51(35-66(79)73(68)77)70-46(6)13-11-14-47(70)7)78-72-50(10)23-28-55-56-31-43(3)21-29-62(56)82(76(55)72)69-38-52(71-48(8)15-12-16-49(71)9)36-67(74(69)78)80(65)54-26-19-42(2)20-27-54/h11-40H,1-10H3. The first-order valence-corrected chi connectivity index (χ1v) is 29.3. The topological polar surface area (TPSA) is 16.3 Å². The van der Waals surface area contributed by atoms with Crippen LogP contribution in [0.15, 0.2) is 182 Å². The van der Waals surface area contributed by atoms with E-state index in [1.165, 1.54) is 188 Å². The number of anilines is 6. The van der Waals surface area contributed by atoms with Crippen LogP contribution in [0.3, 0.4) is 0 Å². The molecule has 4 aliphatic rings. The van der Waals surface area contributed by atoms with Gasteiger partial charge in [0.05, 0.1) is 11.0 Å². The smallest absolute Gasteiger partial charge is 0.252 e. The average Bonchev–Trinajstić information content (AvgIpc) is 1.64. The molecule has 6 heterocycles. The Kier molecular flexibility index (Phi) is 9.67. The van der Waals surface area contributed by atoms with Crippen LogP contribution < -0.4 is 42.6 Å². The molecule has 13 aromatic rings. The van der Waals surface area contributed by atoms with Crippen LogP contribution in [0.5, 0.6) is 0 Å². The summed E-state index contributed by atoms with van der Waals surface area (Å²) in [4.78, 5) is 5.29. The zero-order valence-electron chi connectivity index (χ0n) is 48.3. The average molecular weight is 1050 g/mol. The third-order valence-electron chi connectivity index (χ3n) is 19.3. The first kappa shape index (κ1) is 47.5. The molecule has 0 unspecified atom stereocenters. The molecule has 0 radical (unpaired) electrons. The van der Waals surface area contributed by atoms with Gasteiger partial charge in [0.2, 0.25) is 0 Å². The molecule has 17 rings (SSSR count). The number of fused-ring (bicyclic) bond motifs is 14.